The van der Waals surface area contributed by atoms with E-state index in [1.807, 2.05) is 44.7 Å². The van der Waals surface area contributed by atoms with Gasteiger partial charge in [0, 0.05) is 26.0 Å². The van der Waals surface area contributed by atoms with Crippen LogP contribution in [0.5, 0.6) is 0 Å². The van der Waals surface area contributed by atoms with Crippen LogP contribution in [0.4, 0.5) is 16.8 Å². The third-order valence-electron chi connectivity index (χ3n) is 4.64. The quantitative estimate of drug-likeness (QED) is 0.536. The molecule has 1 fully saturated rings. The first-order valence-corrected chi connectivity index (χ1v) is 9.86. The molecule has 1 aliphatic rings. The van der Waals surface area contributed by atoms with Crippen LogP contribution < -0.4 is 10.6 Å². The second kappa shape index (κ2) is 6.88. The number of aryl methyl sites for hydroxylation is 2. The summed E-state index contributed by atoms with van der Waals surface area (Å²) in [6.07, 6.45) is 6.74. The summed E-state index contributed by atoms with van der Waals surface area (Å²) in [4.78, 5) is 9.48. The molecule has 5 heterocycles. The van der Waals surface area contributed by atoms with E-state index in [0.717, 1.165) is 46.3 Å². The van der Waals surface area contributed by atoms with Gasteiger partial charge in [-0.2, -0.15) is 14.5 Å². The average molecular weight is 396 g/mol. The summed E-state index contributed by atoms with van der Waals surface area (Å²) in [7, 11) is 1.90. The largest absolute Gasteiger partial charge is 0.379 e. The summed E-state index contributed by atoms with van der Waals surface area (Å²) >= 11 is 1.40. The maximum Gasteiger partial charge on any atom is 0.230 e. The van der Waals surface area contributed by atoms with Crippen molar-refractivity contribution < 1.29 is 4.74 Å². The number of rotatable bonds is 5. The molecule has 0 unspecified atom stereocenters. The van der Waals surface area contributed by atoms with Crippen molar-refractivity contribution in [2.75, 3.05) is 23.8 Å². The Kier molecular flexibility index (Phi) is 4.21. The highest BCUT2D eigenvalue weighted by molar-refractivity contribution is 7.10. The Bertz CT molecular complexity index is 1120. The second-order valence-corrected chi connectivity index (χ2v) is 7.65. The molecule has 28 heavy (non-hydrogen) atoms. The molecule has 0 radical (unpaired) electrons. The van der Waals surface area contributed by atoms with Gasteiger partial charge in [-0.3, -0.25) is 4.68 Å². The molecular formula is C18H20N8OS. The smallest absolute Gasteiger partial charge is 0.230 e. The van der Waals surface area contributed by atoms with Crippen molar-refractivity contribution in [2.45, 2.75) is 19.4 Å². The van der Waals surface area contributed by atoms with Crippen LogP contribution in [0.15, 0.2) is 30.7 Å². The Balaban J connectivity index is 1.59. The number of hydrogen-bond acceptors (Lipinski definition) is 8. The summed E-state index contributed by atoms with van der Waals surface area (Å²) < 4.78 is 13.7. The van der Waals surface area contributed by atoms with Crippen LogP contribution >= 0.6 is 11.5 Å². The van der Waals surface area contributed by atoms with Crippen LogP contribution in [0.3, 0.4) is 0 Å². The van der Waals surface area contributed by atoms with E-state index < -0.39 is 0 Å². The number of hydrogen-bond donors (Lipinski definition) is 2. The molecule has 0 amide bonds. The zero-order valence-corrected chi connectivity index (χ0v) is 16.4. The normalized spacial score (nSPS) is 16.7. The van der Waals surface area contributed by atoms with E-state index in [1.165, 1.54) is 11.5 Å². The summed E-state index contributed by atoms with van der Waals surface area (Å²) in [5, 5.41) is 12.0. The van der Waals surface area contributed by atoms with Gasteiger partial charge in [-0.1, -0.05) is 0 Å². The Morgan fingerprint density at radius 1 is 1.32 bits per heavy atom. The molecule has 0 saturated carbocycles. The van der Waals surface area contributed by atoms with Crippen LogP contribution in [0.2, 0.25) is 0 Å². The zero-order valence-electron chi connectivity index (χ0n) is 15.6. The highest BCUT2D eigenvalue weighted by Gasteiger charge is 2.20. The topological polar surface area (TPSA) is 94.7 Å². The van der Waals surface area contributed by atoms with E-state index in [9.17, 15) is 0 Å². The molecule has 0 aliphatic carbocycles. The van der Waals surface area contributed by atoms with Crippen molar-refractivity contribution in [3.8, 4) is 5.69 Å². The Hall–Kier alpha value is -2.98. The van der Waals surface area contributed by atoms with Crippen molar-refractivity contribution in [3.63, 3.8) is 0 Å². The first-order chi connectivity index (χ1) is 13.7. The lowest BCUT2D eigenvalue weighted by Gasteiger charge is -2.15. The van der Waals surface area contributed by atoms with Crippen molar-refractivity contribution in [3.05, 3.63) is 36.4 Å². The van der Waals surface area contributed by atoms with E-state index in [0.29, 0.717) is 12.6 Å². The minimum absolute atomic E-state index is 0.230. The summed E-state index contributed by atoms with van der Waals surface area (Å²) in [5.41, 5.74) is 3.71. The Labute approximate surface area is 165 Å². The molecule has 0 spiro atoms. The van der Waals surface area contributed by atoms with Gasteiger partial charge in [0.25, 0.3) is 0 Å². The highest BCUT2D eigenvalue weighted by Crippen LogP contribution is 2.29. The van der Waals surface area contributed by atoms with E-state index in [2.05, 4.69) is 24.7 Å². The summed E-state index contributed by atoms with van der Waals surface area (Å²) in [6, 6.07) is 4.20. The lowest BCUT2D eigenvalue weighted by molar-refractivity contribution is 0.195. The molecule has 5 rings (SSSR count). The van der Waals surface area contributed by atoms with Gasteiger partial charge >= 0.3 is 0 Å². The fourth-order valence-corrected chi connectivity index (χ4v) is 3.98. The fraction of sp³-hybridized carbons (Fsp3) is 0.333. The van der Waals surface area contributed by atoms with E-state index in [1.54, 1.807) is 4.68 Å². The Morgan fingerprint density at radius 2 is 2.25 bits per heavy atom. The van der Waals surface area contributed by atoms with Gasteiger partial charge in [-0.25, -0.2) is 4.98 Å². The number of nitrogens with zero attached hydrogens (tertiary/aromatic N) is 6. The molecule has 2 N–H and O–H groups in total. The first-order valence-electron chi connectivity index (χ1n) is 9.08. The molecule has 10 heteroatoms. The third kappa shape index (κ3) is 3.20. The van der Waals surface area contributed by atoms with Crippen LogP contribution in [0, 0.1) is 6.92 Å². The monoisotopic (exact) mass is 396 g/mol. The van der Waals surface area contributed by atoms with Gasteiger partial charge < -0.3 is 19.9 Å². The van der Waals surface area contributed by atoms with Crippen molar-refractivity contribution >= 4 is 39.3 Å². The van der Waals surface area contributed by atoms with Gasteiger partial charge in [-0.05, 0) is 37.0 Å². The third-order valence-corrected chi connectivity index (χ3v) is 5.43. The molecule has 1 aliphatic heterocycles. The summed E-state index contributed by atoms with van der Waals surface area (Å²) in [5.74, 6) is 1.32. The van der Waals surface area contributed by atoms with Gasteiger partial charge in [0.2, 0.25) is 5.95 Å². The maximum atomic E-state index is 5.52. The van der Waals surface area contributed by atoms with Gasteiger partial charge in [0.15, 0.2) is 5.82 Å². The van der Waals surface area contributed by atoms with Crippen molar-refractivity contribution in [1.29, 1.82) is 0 Å². The molecule has 4 aromatic rings. The molecule has 0 aromatic carbocycles. The minimum atomic E-state index is 0.230. The van der Waals surface area contributed by atoms with Crippen molar-refractivity contribution in [2.24, 2.45) is 7.05 Å². The lowest BCUT2D eigenvalue weighted by Crippen LogP contribution is -2.20. The highest BCUT2D eigenvalue weighted by atomic mass is 32.1. The molecule has 9 nitrogen and oxygen atoms in total. The zero-order chi connectivity index (χ0) is 19.1. The van der Waals surface area contributed by atoms with E-state index in [4.69, 9.17) is 14.7 Å². The standard InChI is InChI=1S/C18H20N8OS/c1-11-7-15(28-24-11)22-18-21-14-3-5-26(13-8-19-25(2)9-13)16(14)17(23-18)20-12-4-6-27-10-12/h3,5,7-9,12H,4,6,10H2,1-2H3,(H2,20,21,22,23)/t12-/m0/s1. The predicted octanol–water partition coefficient (Wildman–Crippen LogP) is 2.86. The lowest BCUT2D eigenvalue weighted by atomic mass is 10.2. The number of aromatic nitrogens is 6. The number of anilines is 3. The van der Waals surface area contributed by atoms with Crippen LogP contribution in [-0.4, -0.2) is 47.9 Å². The van der Waals surface area contributed by atoms with Crippen LogP contribution in [-0.2, 0) is 11.8 Å². The van der Waals surface area contributed by atoms with E-state index >= 15 is 0 Å². The number of nitrogens with one attached hydrogen (secondary N) is 2. The maximum absolute atomic E-state index is 5.52. The molecule has 1 saturated heterocycles. The summed E-state index contributed by atoms with van der Waals surface area (Å²) in [6.45, 7) is 3.41. The molecule has 0 bridgehead atoms. The van der Waals surface area contributed by atoms with E-state index in [-0.39, 0.29) is 6.04 Å². The number of ether oxygens (including phenoxy) is 1. The fourth-order valence-electron chi connectivity index (χ4n) is 3.32. The Morgan fingerprint density at radius 3 is 2.96 bits per heavy atom. The molecule has 4 aromatic heterocycles. The van der Waals surface area contributed by atoms with Crippen LogP contribution in [0.25, 0.3) is 16.7 Å². The van der Waals surface area contributed by atoms with Crippen LogP contribution in [0.1, 0.15) is 12.1 Å². The van der Waals surface area contributed by atoms with Gasteiger partial charge in [0.1, 0.15) is 10.5 Å². The predicted molar refractivity (Wildman–Crippen MR) is 109 cm³/mol. The second-order valence-electron chi connectivity index (χ2n) is 6.85. The van der Waals surface area contributed by atoms with Gasteiger partial charge in [0.05, 0.1) is 35.7 Å². The minimum Gasteiger partial charge on any atom is -0.379 e. The van der Waals surface area contributed by atoms with Crippen molar-refractivity contribution in [1.82, 2.24) is 28.7 Å². The molecule has 144 valence electrons. The molecular weight excluding hydrogens is 376 g/mol. The average Bonchev–Trinajstić information content (AvgIpc) is 3.43. The first kappa shape index (κ1) is 17.1. The van der Waals surface area contributed by atoms with Gasteiger partial charge in [-0.15, -0.1) is 0 Å². The SMILES string of the molecule is Cc1cc(Nc2nc(N[C@H]3CCOC3)c3c(ccn3-c3cnn(C)c3)n2)sn1. The molecule has 1 atom stereocenters. The number of fused-ring (bicyclic) bond motifs is 1.